The predicted octanol–water partition coefficient (Wildman–Crippen LogP) is 3.22. The zero-order valence-corrected chi connectivity index (χ0v) is 15.5. The van der Waals surface area contributed by atoms with Crippen LogP contribution in [0.25, 0.3) is 0 Å². The summed E-state index contributed by atoms with van der Waals surface area (Å²) in [6.45, 7) is 2.13. The number of aliphatic hydroxyl groups excluding tert-OH is 1. The molecule has 1 saturated carbocycles. The van der Waals surface area contributed by atoms with E-state index in [4.69, 9.17) is 0 Å². The molecule has 1 aromatic rings. The van der Waals surface area contributed by atoms with E-state index < -0.39 is 12.5 Å². The molecule has 27 heavy (non-hydrogen) atoms. The summed E-state index contributed by atoms with van der Waals surface area (Å²) in [6, 6.07) is 5.99. The molecule has 2 N–H and O–H groups in total. The summed E-state index contributed by atoms with van der Waals surface area (Å²) >= 11 is 0. The van der Waals surface area contributed by atoms with Crippen molar-refractivity contribution in [2.45, 2.75) is 64.1 Å². The number of aliphatic hydroxyl groups is 1. The van der Waals surface area contributed by atoms with Crippen LogP contribution in [0.2, 0.25) is 0 Å². The molecule has 8 heteroatoms. The Hall–Kier alpha value is -1.80. The molecular formula is C19H27F3N2O3. The van der Waals surface area contributed by atoms with Crippen LogP contribution >= 0.6 is 0 Å². The fourth-order valence-electron chi connectivity index (χ4n) is 3.44. The molecule has 1 aliphatic carbocycles. The SMILES string of the molecule is CC(O)CN(CC(=O)NCc1ccccc1OC(F)(F)F)C1CCCCC1. The number of carbonyl (C=O) groups excluding carboxylic acids is 1. The highest BCUT2D eigenvalue weighted by Gasteiger charge is 2.32. The van der Waals surface area contributed by atoms with Crippen molar-refractivity contribution < 1.29 is 27.8 Å². The summed E-state index contributed by atoms with van der Waals surface area (Å²) < 4.78 is 41.4. The van der Waals surface area contributed by atoms with Crippen LogP contribution in [-0.4, -0.2) is 47.5 Å². The molecule has 1 aliphatic rings. The maximum absolute atomic E-state index is 12.5. The minimum atomic E-state index is -4.78. The van der Waals surface area contributed by atoms with Crippen molar-refractivity contribution in [2.24, 2.45) is 0 Å². The molecule has 1 aromatic carbocycles. The standard InChI is InChI=1S/C19H27F3N2O3/c1-14(25)12-24(16-8-3-2-4-9-16)13-18(26)23-11-15-7-5-6-10-17(15)27-19(20,21)22/h5-7,10,14,16,25H,2-4,8-9,11-13H2,1H3,(H,23,26). The Morgan fingerprint density at radius 2 is 1.96 bits per heavy atom. The second kappa shape index (κ2) is 9.94. The summed E-state index contributed by atoms with van der Waals surface area (Å²) in [7, 11) is 0. The van der Waals surface area contributed by atoms with Crippen LogP contribution in [0.5, 0.6) is 5.75 Å². The quantitative estimate of drug-likeness (QED) is 0.718. The first-order valence-electron chi connectivity index (χ1n) is 9.27. The van der Waals surface area contributed by atoms with E-state index in [1.54, 1.807) is 13.0 Å². The fraction of sp³-hybridized carbons (Fsp3) is 0.632. The first-order chi connectivity index (χ1) is 12.7. The third kappa shape index (κ3) is 7.76. The highest BCUT2D eigenvalue weighted by Crippen LogP contribution is 2.26. The highest BCUT2D eigenvalue weighted by atomic mass is 19.4. The van der Waals surface area contributed by atoms with Gasteiger partial charge in [0.25, 0.3) is 0 Å². The lowest BCUT2D eigenvalue weighted by Crippen LogP contribution is -2.46. The molecule has 0 aliphatic heterocycles. The van der Waals surface area contributed by atoms with Crippen LogP contribution in [0.1, 0.15) is 44.6 Å². The summed E-state index contributed by atoms with van der Waals surface area (Å²) in [5.74, 6) is -0.610. The van der Waals surface area contributed by atoms with Gasteiger partial charge in [-0.15, -0.1) is 13.2 Å². The number of carbonyl (C=O) groups is 1. The monoisotopic (exact) mass is 388 g/mol. The Balaban J connectivity index is 1.94. The van der Waals surface area contributed by atoms with Crippen LogP contribution in [0.4, 0.5) is 13.2 Å². The van der Waals surface area contributed by atoms with Gasteiger partial charge in [-0.2, -0.15) is 0 Å². The van der Waals surface area contributed by atoms with Crippen LogP contribution in [0.3, 0.4) is 0 Å². The lowest BCUT2D eigenvalue weighted by molar-refractivity contribution is -0.274. The average Bonchev–Trinajstić information content (AvgIpc) is 2.59. The number of alkyl halides is 3. The molecule has 152 valence electrons. The highest BCUT2D eigenvalue weighted by molar-refractivity contribution is 5.78. The number of hydrogen-bond acceptors (Lipinski definition) is 4. The van der Waals surface area contributed by atoms with E-state index in [0.29, 0.717) is 6.54 Å². The van der Waals surface area contributed by atoms with Gasteiger partial charge in [0.2, 0.25) is 5.91 Å². The van der Waals surface area contributed by atoms with Crippen LogP contribution < -0.4 is 10.1 Å². The largest absolute Gasteiger partial charge is 0.573 e. The van der Waals surface area contributed by atoms with Gasteiger partial charge in [-0.25, -0.2) is 0 Å². The number of halogens is 3. The normalized spacial score (nSPS) is 17.0. The van der Waals surface area contributed by atoms with E-state index in [0.717, 1.165) is 25.7 Å². The van der Waals surface area contributed by atoms with E-state index in [1.165, 1.54) is 24.6 Å². The number of amides is 1. The van der Waals surface area contributed by atoms with Crippen molar-refractivity contribution in [3.8, 4) is 5.75 Å². The third-order valence-corrected chi connectivity index (χ3v) is 4.61. The van der Waals surface area contributed by atoms with Crippen molar-refractivity contribution in [2.75, 3.05) is 13.1 Å². The Morgan fingerprint density at radius 1 is 1.30 bits per heavy atom. The van der Waals surface area contributed by atoms with Crippen molar-refractivity contribution in [3.63, 3.8) is 0 Å². The molecule has 0 bridgehead atoms. The number of ether oxygens (including phenoxy) is 1. The molecule has 0 heterocycles. The molecule has 0 radical (unpaired) electrons. The smallest absolute Gasteiger partial charge is 0.405 e. The van der Waals surface area contributed by atoms with E-state index in [-0.39, 0.29) is 36.4 Å². The molecule has 2 rings (SSSR count). The molecule has 0 spiro atoms. The Labute approximate surface area is 157 Å². The van der Waals surface area contributed by atoms with Gasteiger partial charge in [0, 0.05) is 24.7 Å². The Bertz CT molecular complexity index is 602. The van der Waals surface area contributed by atoms with Crippen molar-refractivity contribution in [1.29, 1.82) is 0 Å². The van der Waals surface area contributed by atoms with Gasteiger partial charge in [-0.05, 0) is 25.8 Å². The number of rotatable bonds is 8. The minimum absolute atomic E-state index is 0.0573. The number of hydrogen-bond donors (Lipinski definition) is 2. The van der Waals surface area contributed by atoms with Gasteiger partial charge in [0.05, 0.1) is 12.6 Å². The van der Waals surface area contributed by atoms with Crippen molar-refractivity contribution in [1.82, 2.24) is 10.2 Å². The number of nitrogens with one attached hydrogen (secondary N) is 1. The summed E-state index contributed by atoms with van der Waals surface area (Å²) in [4.78, 5) is 14.3. The van der Waals surface area contributed by atoms with Gasteiger partial charge in [-0.1, -0.05) is 37.5 Å². The molecule has 1 amide bonds. The lowest BCUT2D eigenvalue weighted by atomic mass is 9.94. The molecular weight excluding hydrogens is 361 g/mol. The van der Waals surface area contributed by atoms with E-state index >= 15 is 0 Å². The Kier molecular flexibility index (Phi) is 7.91. The summed E-state index contributed by atoms with van der Waals surface area (Å²) in [6.07, 6.45) is 0.0248. The molecule has 0 saturated heterocycles. The van der Waals surface area contributed by atoms with E-state index in [1.807, 2.05) is 4.90 Å². The van der Waals surface area contributed by atoms with Gasteiger partial charge in [0.15, 0.2) is 0 Å². The summed E-state index contributed by atoms with van der Waals surface area (Å²) in [5, 5.41) is 12.4. The zero-order valence-electron chi connectivity index (χ0n) is 15.5. The van der Waals surface area contributed by atoms with Crippen molar-refractivity contribution >= 4 is 5.91 Å². The van der Waals surface area contributed by atoms with Crippen LogP contribution in [0, 0.1) is 0 Å². The second-order valence-corrected chi connectivity index (χ2v) is 7.00. The molecule has 0 aromatic heterocycles. The molecule has 1 unspecified atom stereocenters. The molecule has 1 atom stereocenters. The Morgan fingerprint density at radius 3 is 2.59 bits per heavy atom. The maximum atomic E-state index is 12.5. The number of benzene rings is 1. The predicted molar refractivity (Wildman–Crippen MR) is 95.1 cm³/mol. The van der Waals surface area contributed by atoms with Gasteiger partial charge >= 0.3 is 6.36 Å². The molecule has 5 nitrogen and oxygen atoms in total. The van der Waals surface area contributed by atoms with E-state index in [9.17, 15) is 23.1 Å². The second-order valence-electron chi connectivity index (χ2n) is 7.00. The summed E-state index contributed by atoms with van der Waals surface area (Å²) in [5.41, 5.74) is 0.253. The van der Waals surface area contributed by atoms with Crippen LogP contribution in [0.15, 0.2) is 24.3 Å². The first kappa shape index (κ1) is 21.5. The average molecular weight is 388 g/mol. The number of para-hydroxylation sites is 1. The van der Waals surface area contributed by atoms with Gasteiger partial charge in [0.1, 0.15) is 5.75 Å². The molecule has 1 fully saturated rings. The zero-order chi connectivity index (χ0) is 19.9. The van der Waals surface area contributed by atoms with Gasteiger partial charge in [-0.3, -0.25) is 9.69 Å². The third-order valence-electron chi connectivity index (χ3n) is 4.61. The van der Waals surface area contributed by atoms with E-state index in [2.05, 4.69) is 10.1 Å². The van der Waals surface area contributed by atoms with Gasteiger partial charge < -0.3 is 15.2 Å². The van der Waals surface area contributed by atoms with Crippen LogP contribution in [-0.2, 0) is 11.3 Å². The number of nitrogens with zero attached hydrogens (tertiary/aromatic N) is 1. The topological polar surface area (TPSA) is 61.8 Å². The fourth-order valence-corrected chi connectivity index (χ4v) is 3.44. The first-order valence-corrected chi connectivity index (χ1v) is 9.27. The van der Waals surface area contributed by atoms with Crippen molar-refractivity contribution in [3.05, 3.63) is 29.8 Å². The maximum Gasteiger partial charge on any atom is 0.573 e. The lowest BCUT2D eigenvalue weighted by Gasteiger charge is -2.34. The minimum Gasteiger partial charge on any atom is -0.405 e.